The van der Waals surface area contributed by atoms with E-state index >= 15 is 0 Å². The Balaban J connectivity index is 2.03. The van der Waals surface area contributed by atoms with Crippen LogP contribution in [0.5, 0.6) is 0 Å². The van der Waals surface area contributed by atoms with E-state index < -0.39 is 5.79 Å². The van der Waals surface area contributed by atoms with Crippen LogP contribution in [0.1, 0.15) is 17.6 Å². The highest BCUT2D eigenvalue weighted by atomic mass is 32.1. The Morgan fingerprint density at radius 2 is 1.86 bits per heavy atom. The molecule has 0 saturated carbocycles. The number of ether oxygens (including phenoxy) is 2. The number of thiazole rings is 1. The molecular weight excluding hydrogens is 303 g/mol. The summed E-state index contributed by atoms with van der Waals surface area (Å²) in [7, 11) is 4.00. The molecule has 4 nitrogen and oxygen atoms in total. The van der Waals surface area contributed by atoms with Crippen molar-refractivity contribution in [3.8, 4) is 10.4 Å². The monoisotopic (exact) mass is 322 g/mol. The van der Waals surface area contributed by atoms with Crippen molar-refractivity contribution in [1.29, 1.82) is 0 Å². The first-order chi connectivity index (χ1) is 10.5. The Morgan fingerprint density at radius 1 is 1.23 bits per heavy atom. The SMILES string of the molecule is CN(C)Cc1nc(C2(C)OCCO2)sc1-c1ccc(F)cc1. The van der Waals surface area contributed by atoms with Crippen molar-refractivity contribution in [3.05, 3.63) is 40.8 Å². The van der Waals surface area contributed by atoms with Gasteiger partial charge >= 0.3 is 0 Å². The number of halogens is 1. The Labute approximate surface area is 133 Å². The third-order valence-corrected chi connectivity index (χ3v) is 4.83. The molecule has 1 aromatic carbocycles. The lowest BCUT2D eigenvalue weighted by atomic mass is 10.1. The van der Waals surface area contributed by atoms with Gasteiger partial charge in [-0.15, -0.1) is 11.3 Å². The van der Waals surface area contributed by atoms with Crippen LogP contribution in [0.4, 0.5) is 4.39 Å². The molecule has 3 rings (SSSR count). The maximum atomic E-state index is 13.2. The summed E-state index contributed by atoms with van der Waals surface area (Å²) >= 11 is 1.55. The second-order valence-corrected chi connectivity index (χ2v) is 6.68. The number of benzene rings is 1. The minimum atomic E-state index is -0.774. The summed E-state index contributed by atoms with van der Waals surface area (Å²) in [4.78, 5) is 7.83. The maximum absolute atomic E-state index is 13.2. The van der Waals surface area contributed by atoms with Crippen molar-refractivity contribution in [3.63, 3.8) is 0 Å². The van der Waals surface area contributed by atoms with Gasteiger partial charge in [0.05, 0.1) is 23.8 Å². The van der Waals surface area contributed by atoms with Gasteiger partial charge in [0.15, 0.2) is 5.01 Å². The van der Waals surface area contributed by atoms with Crippen molar-refractivity contribution in [2.75, 3.05) is 27.3 Å². The third kappa shape index (κ3) is 3.05. The molecule has 2 heterocycles. The second-order valence-electron chi connectivity index (χ2n) is 5.68. The molecule has 1 fully saturated rings. The van der Waals surface area contributed by atoms with Crippen LogP contribution in [-0.4, -0.2) is 37.2 Å². The molecule has 0 N–H and O–H groups in total. The molecule has 0 aliphatic carbocycles. The van der Waals surface area contributed by atoms with E-state index in [9.17, 15) is 4.39 Å². The lowest BCUT2D eigenvalue weighted by molar-refractivity contribution is -0.149. The van der Waals surface area contributed by atoms with Gasteiger partial charge in [0.25, 0.3) is 0 Å². The van der Waals surface area contributed by atoms with Crippen molar-refractivity contribution in [1.82, 2.24) is 9.88 Å². The smallest absolute Gasteiger partial charge is 0.219 e. The quantitative estimate of drug-likeness (QED) is 0.865. The topological polar surface area (TPSA) is 34.6 Å². The molecule has 1 aliphatic heterocycles. The summed E-state index contributed by atoms with van der Waals surface area (Å²) in [6, 6.07) is 6.51. The van der Waals surface area contributed by atoms with E-state index in [1.807, 2.05) is 21.0 Å². The van der Waals surface area contributed by atoms with E-state index in [1.165, 1.54) is 12.1 Å². The van der Waals surface area contributed by atoms with E-state index in [2.05, 4.69) is 4.90 Å². The van der Waals surface area contributed by atoms with Crippen LogP contribution in [0.25, 0.3) is 10.4 Å². The molecule has 1 aromatic heterocycles. The minimum absolute atomic E-state index is 0.239. The van der Waals surface area contributed by atoms with Crippen molar-refractivity contribution >= 4 is 11.3 Å². The molecule has 0 spiro atoms. The Morgan fingerprint density at radius 3 is 2.45 bits per heavy atom. The van der Waals surface area contributed by atoms with E-state index in [-0.39, 0.29) is 5.82 Å². The average Bonchev–Trinajstić information content (AvgIpc) is 3.07. The van der Waals surface area contributed by atoms with Gasteiger partial charge in [0.2, 0.25) is 5.79 Å². The van der Waals surface area contributed by atoms with Crippen LogP contribution in [0.3, 0.4) is 0 Å². The fourth-order valence-electron chi connectivity index (χ4n) is 2.42. The first-order valence-electron chi connectivity index (χ1n) is 7.17. The Kier molecular flexibility index (Phi) is 4.27. The Bertz CT molecular complexity index is 649. The van der Waals surface area contributed by atoms with Crippen LogP contribution in [-0.2, 0) is 21.8 Å². The molecule has 0 unspecified atom stereocenters. The zero-order chi connectivity index (χ0) is 15.7. The van der Waals surface area contributed by atoms with Gasteiger partial charge < -0.3 is 14.4 Å². The van der Waals surface area contributed by atoms with E-state index in [4.69, 9.17) is 14.5 Å². The third-order valence-electron chi connectivity index (χ3n) is 3.50. The van der Waals surface area contributed by atoms with Crippen molar-refractivity contribution < 1.29 is 13.9 Å². The van der Waals surface area contributed by atoms with Crippen LogP contribution in [0.15, 0.2) is 24.3 Å². The highest BCUT2D eigenvalue weighted by Crippen LogP contribution is 2.39. The van der Waals surface area contributed by atoms with E-state index in [0.717, 1.165) is 21.1 Å². The summed E-state index contributed by atoms with van der Waals surface area (Å²) < 4.78 is 24.6. The summed E-state index contributed by atoms with van der Waals surface area (Å²) in [5, 5.41) is 0.807. The molecule has 0 amide bonds. The molecule has 1 aliphatic rings. The van der Waals surface area contributed by atoms with Crippen LogP contribution < -0.4 is 0 Å². The van der Waals surface area contributed by atoms with Gasteiger partial charge in [-0.3, -0.25) is 0 Å². The predicted molar refractivity (Wildman–Crippen MR) is 84.2 cm³/mol. The molecule has 1 saturated heterocycles. The largest absolute Gasteiger partial charge is 0.342 e. The highest BCUT2D eigenvalue weighted by Gasteiger charge is 2.37. The lowest BCUT2D eigenvalue weighted by Gasteiger charge is -2.18. The Hall–Kier alpha value is -1.34. The zero-order valence-corrected chi connectivity index (χ0v) is 13.7. The van der Waals surface area contributed by atoms with Gasteiger partial charge in [0.1, 0.15) is 5.82 Å². The zero-order valence-electron chi connectivity index (χ0n) is 12.9. The van der Waals surface area contributed by atoms with Gasteiger partial charge in [0, 0.05) is 6.54 Å². The minimum Gasteiger partial charge on any atom is -0.342 e. The molecule has 22 heavy (non-hydrogen) atoms. The normalized spacial score (nSPS) is 17.3. The summed E-state index contributed by atoms with van der Waals surface area (Å²) in [5.41, 5.74) is 1.92. The van der Waals surface area contributed by atoms with Gasteiger partial charge in [-0.05, 0) is 38.7 Å². The fraction of sp³-hybridized carbons (Fsp3) is 0.438. The first-order valence-corrected chi connectivity index (χ1v) is 7.98. The van der Waals surface area contributed by atoms with Crippen LogP contribution >= 0.6 is 11.3 Å². The summed E-state index contributed by atoms with van der Waals surface area (Å²) in [5.74, 6) is -1.01. The molecular formula is C16H19FN2O2S. The predicted octanol–water partition coefficient (Wildman–Crippen LogP) is 3.23. The molecule has 0 atom stereocenters. The highest BCUT2D eigenvalue weighted by molar-refractivity contribution is 7.15. The lowest BCUT2D eigenvalue weighted by Crippen LogP contribution is -2.22. The summed E-state index contributed by atoms with van der Waals surface area (Å²) in [6.07, 6.45) is 0. The molecule has 118 valence electrons. The maximum Gasteiger partial charge on any atom is 0.219 e. The second kappa shape index (κ2) is 6.04. The van der Waals surface area contributed by atoms with Crippen LogP contribution in [0, 0.1) is 5.82 Å². The van der Waals surface area contributed by atoms with E-state index in [0.29, 0.717) is 19.8 Å². The van der Waals surface area contributed by atoms with Crippen molar-refractivity contribution in [2.24, 2.45) is 0 Å². The van der Waals surface area contributed by atoms with Gasteiger partial charge in [-0.25, -0.2) is 9.37 Å². The van der Waals surface area contributed by atoms with Crippen molar-refractivity contribution in [2.45, 2.75) is 19.3 Å². The number of rotatable bonds is 4. The molecule has 0 bridgehead atoms. The number of aromatic nitrogens is 1. The number of hydrogen-bond acceptors (Lipinski definition) is 5. The summed E-state index contributed by atoms with van der Waals surface area (Å²) in [6.45, 7) is 3.75. The average molecular weight is 322 g/mol. The van der Waals surface area contributed by atoms with E-state index in [1.54, 1.807) is 23.5 Å². The fourth-order valence-corrected chi connectivity index (χ4v) is 3.55. The van der Waals surface area contributed by atoms with Gasteiger partial charge in [-0.2, -0.15) is 0 Å². The first kappa shape index (κ1) is 15.6. The standard InChI is InChI=1S/C16H19FN2O2S/c1-16(20-8-9-21-16)15-18-13(10-19(2)3)14(22-15)11-4-6-12(17)7-5-11/h4-7H,8-10H2,1-3H3. The number of nitrogens with zero attached hydrogens (tertiary/aromatic N) is 2. The molecule has 6 heteroatoms. The molecule has 0 radical (unpaired) electrons. The van der Waals surface area contributed by atoms with Crippen LogP contribution in [0.2, 0.25) is 0 Å². The molecule has 2 aromatic rings. The number of hydrogen-bond donors (Lipinski definition) is 0. The van der Waals surface area contributed by atoms with Gasteiger partial charge in [-0.1, -0.05) is 12.1 Å².